The third-order valence-corrected chi connectivity index (χ3v) is 6.48. The molecule has 2 aromatic rings. The number of carbonyl (C=O) groups excluding carboxylic acids is 3. The van der Waals surface area contributed by atoms with Crippen LogP contribution >= 0.6 is 0 Å². The minimum atomic E-state index is -2.13. The second-order valence-corrected chi connectivity index (χ2v) is 10.0. The van der Waals surface area contributed by atoms with E-state index in [2.05, 4.69) is 0 Å². The van der Waals surface area contributed by atoms with Crippen molar-refractivity contribution in [2.75, 3.05) is 7.11 Å². The van der Waals surface area contributed by atoms with Crippen LogP contribution in [0.4, 0.5) is 18.0 Å². The zero-order chi connectivity index (χ0) is 25.7. The van der Waals surface area contributed by atoms with E-state index in [9.17, 15) is 23.2 Å². The van der Waals surface area contributed by atoms with Gasteiger partial charge in [0.25, 0.3) is 0 Å². The van der Waals surface area contributed by atoms with Crippen molar-refractivity contribution < 1.29 is 37.0 Å². The van der Waals surface area contributed by atoms with Crippen molar-refractivity contribution >= 4 is 17.8 Å². The fraction of sp³-hybridized carbons (Fsp3) is 0.423. The number of hydrogen-bond donors (Lipinski definition) is 0. The van der Waals surface area contributed by atoms with Gasteiger partial charge in [-0.15, -0.1) is 0 Å². The molecule has 3 aliphatic rings. The van der Waals surface area contributed by atoms with Crippen molar-refractivity contribution in [1.82, 2.24) is 4.90 Å². The highest BCUT2D eigenvalue weighted by molar-refractivity contribution is 6.13. The van der Waals surface area contributed by atoms with E-state index in [1.165, 1.54) is 18.2 Å². The number of Topliss-reactive ketones (excluding diaryl/α,β-unsaturated/α-hetero) is 1. The molecule has 1 unspecified atom stereocenters. The molecular formula is C26H26F3NO5. The Balaban J connectivity index is 1.82. The highest BCUT2D eigenvalue weighted by atomic mass is 19.1. The molecule has 5 rings (SSSR count). The summed E-state index contributed by atoms with van der Waals surface area (Å²) in [5, 5.41) is 0. The van der Waals surface area contributed by atoms with Gasteiger partial charge in [-0.1, -0.05) is 18.2 Å². The van der Waals surface area contributed by atoms with Crippen molar-refractivity contribution in [2.45, 2.75) is 57.2 Å². The van der Waals surface area contributed by atoms with Crippen LogP contribution in [0.5, 0.6) is 0 Å². The number of ketones is 1. The van der Waals surface area contributed by atoms with Gasteiger partial charge in [0.05, 0.1) is 7.11 Å². The van der Waals surface area contributed by atoms with Crippen LogP contribution in [0.2, 0.25) is 0 Å². The molecular weight excluding hydrogens is 463 g/mol. The van der Waals surface area contributed by atoms with E-state index >= 15 is 4.39 Å². The summed E-state index contributed by atoms with van der Waals surface area (Å²) < 4.78 is 53.7. The minimum absolute atomic E-state index is 0.0456. The number of fused-ring (bicyclic) bond motifs is 2. The molecule has 1 aliphatic carbocycles. The van der Waals surface area contributed by atoms with E-state index in [1.54, 1.807) is 20.8 Å². The summed E-state index contributed by atoms with van der Waals surface area (Å²) in [5.41, 5.74) is -3.28. The van der Waals surface area contributed by atoms with E-state index in [4.69, 9.17) is 9.47 Å². The molecule has 2 bridgehead atoms. The lowest BCUT2D eigenvalue weighted by Crippen LogP contribution is -2.76. The smallest absolute Gasteiger partial charge is 0.411 e. The van der Waals surface area contributed by atoms with Gasteiger partial charge in [-0.25, -0.2) is 22.8 Å². The zero-order valence-corrected chi connectivity index (χ0v) is 19.9. The summed E-state index contributed by atoms with van der Waals surface area (Å²) >= 11 is 0. The van der Waals surface area contributed by atoms with E-state index in [-0.39, 0.29) is 16.7 Å². The topological polar surface area (TPSA) is 72.9 Å². The molecule has 1 atom stereocenters. The van der Waals surface area contributed by atoms with Crippen molar-refractivity contribution in [2.24, 2.45) is 5.92 Å². The van der Waals surface area contributed by atoms with Gasteiger partial charge in [0.2, 0.25) is 5.54 Å². The van der Waals surface area contributed by atoms with Crippen molar-refractivity contribution in [3.05, 3.63) is 59.4 Å². The Labute approximate surface area is 201 Å². The number of methoxy groups -OCH3 is 1. The van der Waals surface area contributed by atoms with Crippen LogP contribution in [0.25, 0.3) is 11.1 Å². The second-order valence-electron chi connectivity index (χ2n) is 10.0. The molecule has 0 spiro atoms. The van der Waals surface area contributed by atoms with Gasteiger partial charge in [0.1, 0.15) is 23.1 Å². The fourth-order valence-corrected chi connectivity index (χ4v) is 4.93. The molecule has 6 nitrogen and oxygen atoms in total. The van der Waals surface area contributed by atoms with Crippen molar-refractivity contribution in [3.63, 3.8) is 0 Å². The number of rotatable bonds is 4. The van der Waals surface area contributed by atoms with Gasteiger partial charge in [-0.2, -0.15) is 0 Å². The number of carbonyl (C=O) groups is 3. The Morgan fingerprint density at radius 3 is 2.29 bits per heavy atom. The number of amides is 1. The number of benzene rings is 2. The first-order valence-corrected chi connectivity index (χ1v) is 11.3. The standard InChI is InChI=1S/C26H26F3NO5/c1-25(2,3)35-24(33)30-19-10-16(11-19)22(31)26(30,23(32)34-4)13-14-6-5-7-20(21(14)29)15-8-17(27)12-18(28)9-15/h5-9,12,16,19H,10-11,13H2,1-4H3. The summed E-state index contributed by atoms with van der Waals surface area (Å²) in [6.07, 6.45) is -0.630. The number of hydrogen-bond acceptors (Lipinski definition) is 5. The predicted molar refractivity (Wildman–Crippen MR) is 120 cm³/mol. The largest absolute Gasteiger partial charge is 0.467 e. The molecule has 2 aromatic carbocycles. The average Bonchev–Trinajstić information content (AvgIpc) is 2.72. The summed E-state index contributed by atoms with van der Waals surface area (Å²) in [6.45, 7) is 4.96. The summed E-state index contributed by atoms with van der Waals surface area (Å²) in [4.78, 5) is 41.1. The molecule has 1 amide bonds. The third-order valence-electron chi connectivity index (χ3n) is 6.48. The van der Waals surface area contributed by atoms with Crippen LogP contribution < -0.4 is 0 Å². The number of halogens is 3. The highest BCUT2D eigenvalue weighted by Crippen LogP contribution is 2.48. The molecule has 2 aliphatic heterocycles. The molecule has 1 saturated carbocycles. The lowest BCUT2D eigenvalue weighted by atomic mass is 9.63. The van der Waals surface area contributed by atoms with Gasteiger partial charge < -0.3 is 9.47 Å². The summed E-state index contributed by atoms with van der Waals surface area (Å²) in [7, 11) is 1.09. The molecule has 3 fully saturated rings. The zero-order valence-electron chi connectivity index (χ0n) is 19.9. The predicted octanol–water partition coefficient (Wildman–Crippen LogP) is 4.82. The van der Waals surface area contributed by atoms with Gasteiger partial charge in [-0.05, 0) is 56.9 Å². The Kier molecular flexibility index (Phi) is 6.15. The number of nitrogens with zero attached hydrogens (tertiary/aromatic N) is 1. The SMILES string of the molecule is COC(=O)C1(Cc2cccc(-c3cc(F)cc(F)c3)c2F)C(=O)C2CC(C2)N1C(=O)OC(C)(C)C. The summed E-state index contributed by atoms with van der Waals surface area (Å²) in [6, 6.07) is 6.33. The maximum absolute atomic E-state index is 15.7. The number of piperidine rings is 2. The van der Waals surface area contributed by atoms with Crippen LogP contribution in [0, 0.1) is 23.4 Å². The molecule has 186 valence electrons. The van der Waals surface area contributed by atoms with Crippen LogP contribution in [-0.2, 0) is 25.5 Å². The lowest BCUT2D eigenvalue weighted by Gasteiger charge is -2.56. The van der Waals surface area contributed by atoms with Crippen LogP contribution in [0.1, 0.15) is 39.2 Å². The van der Waals surface area contributed by atoms with Crippen LogP contribution in [-0.4, -0.2) is 47.0 Å². The Bertz CT molecular complexity index is 1180. The van der Waals surface area contributed by atoms with E-state index in [0.717, 1.165) is 24.1 Å². The minimum Gasteiger partial charge on any atom is -0.467 e. The van der Waals surface area contributed by atoms with E-state index < -0.39 is 64.8 Å². The van der Waals surface area contributed by atoms with Crippen molar-refractivity contribution in [3.8, 4) is 11.1 Å². The lowest BCUT2D eigenvalue weighted by molar-refractivity contribution is -0.177. The van der Waals surface area contributed by atoms with E-state index in [0.29, 0.717) is 18.9 Å². The Hall–Kier alpha value is -3.36. The maximum Gasteiger partial charge on any atom is 0.411 e. The quantitative estimate of drug-likeness (QED) is 0.455. The highest BCUT2D eigenvalue weighted by Gasteiger charge is 2.66. The number of esters is 1. The molecule has 35 heavy (non-hydrogen) atoms. The fourth-order valence-electron chi connectivity index (χ4n) is 4.93. The average molecular weight is 489 g/mol. The van der Waals surface area contributed by atoms with Crippen LogP contribution in [0.15, 0.2) is 36.4 Å². The molecule has 9 heteroatoms. The Morgan fingerprint density at radius 2 is 1.71 bits per heavy atom. The second kappa shape index (κ2) is 8.70. The Morgan fingerprint density at radius 1 is 1.09 bits per heavy atom. The van der Waals surface area contributed by atoms with Gasteiger partial charge >= 0.3 is 12.1 Å². The number of ether oxygens (including phenoxy) is 2. The normalized spacial score (nSPS) is 23.5. The van der Waals surface area contributed by atoms with E-state index in [1.807, 2.05) is 0 Å². The molecule has 2 heterocycles. The van der Waals surface area contributed by atoms with Gasteiger partial charge in [0.15, 0.2) is 5.78 Å². The first-order valence-electron chi connectivity index (χ1n) is 11.3. The van der Waals surface area contributed by atoms with Crippen molar-refractivity contribution in [1.29, 1.82) is 0 Å². The molecule has 2 saturated heterocycles. The van der Waals surface area contributed by atoms with Gasteiger partial charge in [-0.3, -0.25) is 9.69 Å². The van der Waals surface area contributed by atoms with Gasteiger partial charge in [0, 0.05) is 30.0 Å². The third kappa shape index (κ3) is 4.28. The molecule has 0 N–H and O–H groups in total. The molecule has 0 radical (unpaired) electrons. The monoisotopic (exact) mass is 489 g/mol. The first kappa shape index (κ1) is 24.8. The maximum atomic E-state index is 15.7. The molecule has 0 aromatic heterocycles. The van der Waals surface area contributed by atoms with Crippen LogP contribution in [0.3, 0.4) is 0 Å². The summed E-state index contributed by atoms with van der Waals surface area (Å²) in [5.74, 6) is -4.63. The first-order chi connectivity index (χ1) is 16.4.